The van der Waals surface area contributed by atoms with E-state index >= 15 is 0 Å². The van der Waals surface area contributed by atoms with E-state index in [0.29, 0.717) is 27.4 Å². The van der Waals surface area contributed by atoms with Gasteiger partial charge in [0.05, 0.1) is 17.2 Å². The van der Waals surface area contributed by atoms with Gasteiger partial charge in [-0.1, -0.05) is 11.3 Å². The number of nitrogens with zero attached hydrogens (tertiary/aromatic N) is 2. The van der Waals surface area contributed by atoms with E-state index in [0.717, 1.165) is 18.5 Å². The predicted molar refractivity (Wildman–Crippen MR) is 92.2 cm³/mol. The van der Waals surface area contributed by atoms with Gasteiger partial charge in [0, 0.05) is 5.92 Å². The predicted octanol–water partition coefficient (Wildman–Crippen LogP) is 3.36. The normalized spacial score (nSPS) is 14.1. The molecule has 3 rings (SSSR count). The van der Waals surface area contributed by atoms with E-state index in [4.69, 9.17) is 15.7 Å². The van der Waals surface area contributed by atoms with E-state index in [2.05, 4.69) is 16.4 Å². The summed E-state index contributed by atoms with van der Waals surface area (Å²) >= 11 is 1.29. The first-order valence-electron chi connectivity index (χ1n) is 7.66. The number of nitrogens with one attached hydrogen (secondary N) is 1. The van der Waals surface area contributed by atoms with Gasteiger partial charge in [0.2, 0.25) is 11.0 Å². The van der Waals surface area contributed by atoms with Crippen LogP contribution in [-0.4, -0.2) is 16.4 Å². The minimum absolute atomic E-state index is 0.288. The van der Waals surface area contributed by atoms with Crippen LogP contribution in [0.1, 0.15) is 43.9 Å². The van der Waals surface area contributed by atoms with Crippen molar-refractivity contribution in [1.82, 2.24) is 4.98 Å². The lowest BCUT2D eigenvalue weighted by atomic mass is 10.1. The van der Waals surface area contributed by atoms with Crippen molar-refractivity contribution in [3.8, 4) is 16.9 Å². The second kappa shape index (κ2) is 6.23. The number of ether oxygens (including phenoxy) is 1. The van der Waals surface area contributed by atoms with Crippen LogP contribution in [0.15, 0.2) is 24.3 Å². The summed E-state index contributed by atoms with van der Waals surface area (Å²) in [5.74, 6) is 0.728. The summed E-state index contributed by atoms with van der Waals surface area (Å²) < 4.78 is 5.92. The van der Waals surface area contributed by atoms with Crippen molar-refractivity contribution in [1.29, 1.82) is 5.26 Å². The van der Waals surface area contributed by atoms with Gasteiger partial charge in [-0.15, -0.1) is 0 Å². The maximum Gasteiger partial charge on any atom is 0.245 e. The lowest BCUT2D eigenvalue weighted by molar-refractivity contribution is -0.120. The molecule has 1 fully saturated rings. The van der Waals surface area contributed by atoms with E-state index in [-0.39, 0.29) is 5.91 Å². The Labute approximate surface area is 144 Å². The van der Waals surface area contributed by atoms with E-state index in [1.165, 1.54) is 11.3 Å². The number of anilines is 1. The number of amides is 1. The molecule has 0 radical (unpaired) electrons. The van der Waals surface area contributed by atoms with Crippen molar-refractivity contribution in [2.75, 3.05) is 5.32 Å². The van der Waals surface area contributed by atoms with Gasteiger partial charge in [0.1, 0.15) is 11.4 Å². The Morgan fingerprint density at radius 1 is 1.42 bits per heavy atom. The van der Waals surface area contributed by atoms with Crippen LogP contribution in [0.4, 0.5) is 5.13 Å². The molecule has 0 spiro atoms. The van der Waals surface area contributed by atoms with Crippen molar-refractivity contribution >= 4 is 22.4 Å². The van der Waals surface area contributed by atoms with Crippen LogP contribution in [0.25, 0.3) is 0 Å². The molecule has 124 valence electrons. The lowest BCUT2D eigenvalue weighted by Crippen LogP contribution is -2.45. The fourth-order valence-electron chi connectivity index (χ4n) is 2.02. The molecule has 0 unspecified atom stereocenters. The quantitative estimate of drug-likeness (QED) is 0.867. The van der Waals surface area contributed by atoms with Gasteiger partial charge in [-0.2, -0.15) is 5.26 Å². The minimum atomic E-state index is -0.973. The second-order valence-electron chi connectivity index (χ2n) is 6.38. The zero-order chi connectivity index (χ0) is 17.3. The topological polar surface area (TPSA) is 101 Å². The highest BCUT2D eigenvalue weighted by atomic mass is 32.1. The Morgan fingerprint density at radius 3 is 2.62 bits per heavy atom. The molecule has 7 heteroatoms. The molecule has 3 N–H and O–H groups in total. The van der Waals surface area contributed by atoms with Crippen molar-refractivity contribution < 1.29 is 9.53 Å². The maximum absolute atomic E-state index is 12.0. The molecule has 1 heterocycles. The monoisotopic (exact) mass is 342 g/mol. The van der Waals surface area contributed by atoms with Gasteiger partial charge in [-0.3, -0.25) is 4.79 Å². The van der Waals surface area contributed by atoms with Gasteiger partial charge < -0.3 is 15.8 Å². The molecule has 1 aromatic heterocycles. The molecule has 1 aromatic carbocycles. The summed E-state index contributed by atoms with van der Waals surface area (Å²) in [4.78, 5) is 16.5. The van der Waals surface area contributed by atoms with Crippen molar-refractivity contribution in [3.63, 3.8) is 0 Å². The molecule has 0 atom stereocenters. The highest BCUT2D eigenvalue weighted by Gasteiger charge is 2.32. The van der Waals surface area contributed by atoms with Gasteiger partial charge in [-0.05, 0) is 51.0 Å². The molecule has 2 aromatic rings. The number of hydrogen-bond acceptors (Lipinski definition) is 6. The van der Waals surface area contributed by atoms with Crippen LogP contribution >= 0.6 is 11.3 Å². The van der Waals surface area contributed by atoms with Crippen molar-refractivity contribution in [2.24, 2.45) is 5.73 Å². The standard InChI is InChI=1S/C17H18N4O2S/c1-17(2,19)15(22)21-16-20-13(11-5-6-11)14(24-16)23-12-7-3-10(9-18)4-8-12/h3-4,7-8,11H,5-6,19H2,1-2H3,(H,20,21,22). The number of thiazole rings is 1. The van der Waals surface area contributed by atoms with E-state index in [9.17, 15) is 4.79 Å². The lowest BCUT2D eigenvalue weighted by Gasteiger charge is -2.16. The van der Waals surface area contributed by atoms with Gasteiger partial charge in [0.15, 0.2) is 5.13 Å². The number of nitriles is 1. The first-order valence-corrected chi connectivity index (χ1v) is 8.47. The SMILES string of the molecule is CC(C)(N)C(=O)Nc1nc(C2CC2)c(Oc2ccc(C#N)cc2)s1. The number of benzene rings is 1. The molecule has 1 aliphatic carbocycles. The molecule has 1 amide bonds. The first-order chi connectivity index (χ1) is 11.4. The number of rotatable bonds is 5. The van der Waals surface area contributed by atoms with Crippen LogP contribution in [0.3, 0.4) is 0 Å². The smallest absolute Gasteiger partial charge is 0.245 e. The Kier molecular flexibility index (Phi) is 4.26. The number of hydrogen-bond donors (Lipinski definition) is 2. The number of carbonyl (C=O) groups excluding carboxylic acids is 1. The average Bonchev–Trinajstić information content (AvgIpc) is 3.30. The third-order valence-corrected chi connectivity index (χ3v) is 4.45. The third-order valence-electron chi connectivity index (χ3n) is 3.58. The van der Waals surface area contributed by atoms with E-state index in [1.807, 2.05) is 0 Å². The first kappa shape index (κ1) is 16.4. The molecule has 0 bridgehead atoms. The molecule has 0 aliphatic heterocycles. The van der Waals surface area contributed by atoms with Gasteiger partial charge in [-0.25, -0.2) is 4.98 Å². The average molecular weight is 342 g/mol. The van der Waals surface area contributed by atoms with E-state index in [1.54, 1.807) is 38.1 Å². The Morgan fingerprint density at radius 2 is 2.08 bits per heavy atom. The maximum atomic E-state index is 12.0. The van der Waals surface area contributed by atoms with Crippen molar-refractivity contribution in [3.05, 3.63) is 35.5 Å². The summed E-state index contributed by atoms with van der Waals surface area (Å²) in [5, 5.41) is 12.8. The zero-order valence-corrected chi connectivity index (χ0v) is 14.3. The summed E-state index contributed by atoms with van der Waals surface area (Å²) in [6.07, 6.45) is 2.15. The number of aromatic nitrogens is 1. The summed E-state index contributed by atoms with van der Waals surface area (Å²) in [6, 6.07) is 8.97. The van der Waals surface area contributed by atoms with Gasteiger partial charge >= 0.3 is 0 Å². The summed E-state index contributed by atoms with van der Waals surface area (Å²) in [7, 11) is 0. The molecule has 6 nitrogen and oxygen atoms in total. The fourth-order valence-corrected chi connectivity index (χ4v) is 2.94. The third kappa shape index (κ3) is 3.72. The van der Waals surface area contributed by atoms with Crippen LogP contribution in [0.2, 0.25) is 0 Å². The van der Waals surface area contributed by atoms with Crippen LogP contribution in [0.5, 0.6) is 10.8 Å². The molecule has 1 saturated carbocycles. The molecule has 24 heavy (non-hydrogen) atoms. The summed E-state index contributed by atoms with van der Waals surface area (Å²) in [6.45, 7) is 3.29. The highest BCUT2D eigenvalue weighted by molar-refractivity contribution is 7.17. The molecular weight excluding hydrogens is 324 g/mol. The van der Waals surface area contributed by atoms with Crippen LogP contribution in [-0.2, 0) is 4.79 Å². The molecular formula is C17H18N4O2S. The number of carbonyl (C=O) groups is 1. The zero-order valence-electron chi connectivity index (χ0n) is 13.5. The van der Waals surface area contributed by atoms with E-state index < -0.39 is 5.54 Å². The van der Waals surface area contributed by atoms with Crippen LogP contribution < -0.4 is 15.8 Å². The molecule has 1 aliphatic rings. The Bertz CT molecular complexity index is 795. The number of nitrogens with two attached hydrogens (primary N) is 1. The summed E-state index contributed by atoms with van der Waals surface area (Å²) in [5.41, 5.74) is 6.28. The largest absolute Gasteiger partial charge is 0.445 e. The van der Waals surface area contributed by atoms with Gasteiger partial charge in [0.25, 0.3) is 0 Å². The fraction of sp³-hybridized carbons (Fsp3) is 0.353. The molecule has 0 saturated heterocycles. The second-order valence-corrected chi connectivity index (χ2v) is 7.34. The Balaban J connectivity index is 1.81. The minimum Gasteiger partial charge on any atom is -0.445 e. The van der Waals surface area contributed by atoms with Crippen LogP contribution in [0, 0.1) is 11.3 Å². The highest BCUT2D eigenvalue weighted by Crippen LogP contribution is 2.48. The van der Waals surface area contributed by atoms with Crippen molar-refractivity contribution in [2.45, 2.75) is 38.1 Å². The Hall–Kier alpha value is -2.43.